The first-order valence-electron chi connectivity index (χ1n) is 17.1. The maximum Gasteiger partial charge on any atom is 0.338 e. The van der Waals surface area contributed by atoms with Gasteiger partial charge >= 0.3 is 5.97 Å². The van der Waals surface area contributed by atoms with Gasteiger partial charge in [-0.05, 0) is 117 Å². The average Bonchev–Trinajstić information content (AvgIpc) is 3.72. The number of benzene rings is 4. The highest BCUT2D eigenvalue weighted by molar-refractivity contribution is 7.16. The number of amides is 1. The highest BCUT2D eigenvalue weighted by Crippen LogP contribution is 2.41. The van der Waals surface area contributed by atoms with Gasteiger partial charge in [0.05, 0.1) is 29.1 Å². The van der Waals surface area contributed by atoms with Crippen LogP contribution in [-0.2, 0) is 17.6 Å². The summed E-state index contributed by atoms with van der Waals surface area (Å²) < 4.78 is 7.46. The molecule has 1 aliphatic carbocycles. The number of anilines is 1. The summed E-state index contributed by atoms with van der Waals surface area (Å²) in [6.07, 6.45) is 5.93. The van der Waals surface area contributed by atoms with E-state index in [1.165, 1.54) is 10.4 Å². The van der Waals surface area contributed by atoms with E-state index in [4.69, 9.17) is 9.73 Å². The van der Waals surface area contributed by atoms with Crippen molar-refractivity contribution in [3.05, 3.63) is 147 Å². The van der Waals surface area contributed by atoms with E-state index >= 15 is 0 Å². The second kappa shape index (κ2) is 14.5. The summed E-state index contributed by atoms with van der Waals surface area (Å²) in [6, 6.07) is 36.2. The van der Waals surface area contributed by atoms with Crippen molar-refractivity contribution in [3.8, 4) is 28.2 Å². The first kappa shape index (κ1) is 33.0. The second-order valence-corrected chi connectivity index (χ2v) is 13.7. The molecule has 1 aliphatic rings. The van der Waals surface area contributed by atoms with Crippen LogP contribution < -0.4 is 5.32 Å². The molecule has 0 fully saturated rings. The number of nitrogens with one attached hydrogen (secondary N) is 1. The van der Waals surface area contributed by atoms with Crippen molar-refractivity contribution in [3.63, 3.8) is 0 Å². The molecule has 1 amide bonds. The topological polar surface area (TPSA) is 72.7 Å². The third-order valence-electron chi connectivity index (χ3n) is 9.25. The van der Waals surface area contributed by atoms with Gasteiger partial charge in [-0.1, -0.05) is 66.7 Å². The summed E-state index contributed by atoms with van der Waals surface area (Å²) >= 11 is 1.63. The van der Waals surface area contributed by atoms with E-state index < -0.39 is 0 Å². The number of carbonyl (C=O) groups excluding carboxylic acids is 2. The molecule has 0 saturated carbocycles. The summed E-state index contributed by atoms with van der Waals surface area (Å²) in [5.74, 6) is -0.464. The van der Waals surface area contributed by atoms with Crippen molar-refractivity contribution < 1.29 is 14.3 Å². The number of ether oxygens (including phenoxy) is 1. The van der Waals surface area contributed by atoms with Crippen LogP contribution in [0.15, 0.2) is 114 Å². The molecule has 2 heterocycles. The van der Waals surface area contributed by atoms with E-state index in [-0.39, 0.29) is 11.9 Å². The van der Waals surface area contributed by atoms with E-state index in [1.54, 1.807) is 30.4 Å². The molecule has 6 nitrogen and oxygen atoms in total. The third kappa shape index (κ3) is 6.69. The molecule has 2 aromatic heterocycles. The molecule has 0 atom stereocenters. The maximum absolute atomic E-state index is 14.0. The normalized spacial score (nSPS) is 12.5. The maximum atomic E-state index is 14.0. The summed E-state index contributed by atoms with van der Waals surface area (Å²) in [6.45, 7) is 6.25. The molecule has 0 unspecified atom stereocenters. The minimum absolute atomic E-state index is 0.118. The quantitative estimate of drug-likeness (QED) is 0.122. The molecule has 0 saturated heterocycles. The second-order valence-electron chi connectivity index (χ2n) is 12.6. The van der Waals surface area contributed by atoms with Gasteiger partial charge < -0.3 is 14.6 Å². The van der Waals surface area contributed by atoms with Crippen molar-refractivity contribution in [1.29, 1.82) is 0 Å². The van der Waals surface area contributed by atoms with Gasteiger partial charge in [0.2, 0.25) is 0 Å². The number of carbonyl (C=O) groups is 2. The van der Waals surface area contributed by atoms with Gasteiger partial charge in [-0.2, -0.15) is 0 Å². The summed E-state index contributed by atoms with van der Waals surface area (Å²) in [7, 11) is 0. The number of rotatable bonds is 9. The number of aromatic nitrogens is 1. The number of aliphatic imine (C=N–C) groups is 1. The zero-order valence-corrected chi connectivity index (χ0v) is 29.3. The minimum atomic E-state index is -0.345. The predicted molar refractivity (Wildman–Crippen MR) is 205 cm³/mol. The van der Waals surface area contributed by atoms with Gasteiger partial charge in [0, 0.05) is 28.0 Å². The Hall–Kier alpha value is -5.53. The Morgan fingerprint density at radius 1 is 0.840 bits per heavy atom. The Labute approximate surface area is 297 Å². The molecule has 7 heteroatoms. The number of esters is 1. The van der Waals surface area contributed by atoms with Gasteiger partial charge in [-0.25, -0.2) is 9.79 Å². The lowest BCUT2D eigenvalue weighted by molar-refractivity contribution is 0.0526. The summed E-state index contributed by atoms with van der Waals surface area (Å²) in [5, 5.41) is 3.90. The lowest BCUT2D eigenvalue weighted by Crippen LogP contribution is -2.15. The highest BCUT2D eigenvalue weighted by Gasteiger charge is 2.26. The van der Waals surface area contributed by atoms with Crippen LogP contribution >= 0.6 is 11.3 Å². The van der Waals surface area contributed by atoms with Crippen LogP contribution in [-0.4, -0.2) is 29.3 Å². The Kier molecular flexibility index (Phi) is 9.58. The molecule has 4 aromatic carbocycles. The molecule has 7 rings (SSSR count). The molecule has 0 aliphatic heterocycles. The van der Waals surface area contributed by atoms with Crippen molar-refractivity contribution in [2.24, 2.45) is 4.99 Å². The Balaban J connectivity index is 1.36. The Bertz CT molecular complexity index is 2200. The molecule has 0 bridgehead atoms. The number of thiophene rings is 1. The van der Waals surface area contributed by atoms with Crippen LogP contribution in [0.2, 0.25) is 0 Å². The number of hydrogen-bond donors (Lipinski definition) is 1. The molecular weight excluding hydrogens is 639 g/mol. The van der Waals surface area contributed by atoms with E-state index in [0.717, 1.165) is 81.3 Å². The SMILES string of the molecule is CCOC(=O)c1ccc(-n2c(-c3ccccc3)cc(C=Nc3sc4c(c3C(=O)Nc3ccc(C)c(C)c3)CCCC4)c2-c2ccccc2)cc1. The largest absolute Gasteiger partial charge is 0.462 e. The fourth-order valence-corrected chi connectivity index (χ4v) is 7.82. The smallest absolute Gasteiger partial charge is 0.338 e. The average molecular weight is 678 g/mol. The minimum Gasteiger partial charge on any atom is -0.462 e. The van der Waals surface area contributed by atoms with Crippen molar-refractivity contribution >= 4 is 40.1 Å². The monoisotopic (exact) mass is 677 g/mol. The standard InChI is InChI=1S/C43H39N3O3S/c1-4-49-43(48)32-20-23-35(24-21-32)46-37(30-13-7-5-8-14-30)26-33(40(46)31-15-9-6-10-16-31)27-44-42-39(36-17-11-12-18-38(36)50-42)41(47)45-34-22-19-28(2)29(3)25-34/h5-10,13-16,19-27H,4,11-12,17-18H2,1-3H3,(H,45,47). The molecule has 250 valence electrons. The molecule has 0 radical (unpaired) electrons. The van der Waals surface area contributed by atoms with Gasteiger partial charge in [0.15, 0.2) is 0 Å². The van der Waals surface area contributed by atoms with E-state index in [0.29, 0.717) is 17.7 Å². The summed E-state index contributed by atoms with van der Waals surface area (Å²) in [5.41, 5.74) is 11.2. The van der Waals surface area contributed by atoms with Crippen LogP contribution in [0.1, 0.15) is 67.6 Å². The molecule has 6 aromatic rings. The molecule has 1 N–H and O–H groups in total. The molecule has 0 spiro atoms. The number of hydrogen-bond acceptors (Lipinski definition) is 5. The number of aryl methyl sites for hydroxylation is 3. The fourth-order valence-electron chi connectivity index (χ4n) is 6.59. The number of fused-ring (bicyclic) bond motifs is 1. The predicted octanol–water partition coefficient (Wildman–Crippen LogP) is 10.5. The Morgan fingerprint density at radius 2 is 1.54 bits per heavy atom. The zero-order valence-electron chi connectivity index (χ0n) is 28.5. The van der Waals surface area contributed by atoms with Crippen LogP contribution in [0.5, 0.6) is 0 Å². The summed E-state index contributed by atoms with van der Waals surface area (Å²) in [4.78, 5) is 32.9. The van der Waals surface area contributed by atoms with Gasteiger partial charge in [-0.3, -0.25) is 4.79 Å². The van der Waals surface area contributed by atoms with Crippen LogP contribution in [0.25, 0.3) is 28.2 Å². The first-order valence-corrected chi connectivity index (χ1v) is 17.9. The van der Waals surface area contributed by atoms with Crippen molar-refractivity contribution in [2.75, 3.05) is 11.9 Å². The van der Waals surface area contributed by atoms with E-state index in [2.05, 4.69) is 54.1 Å². The number of nitrogens with zero attached hydrogens (tertiary/aromatic N) is 2. The molecule has 50 heavy (non-hydrogen) atoms. The zero-order chi connectivity index (χ0) is 34.6. The van der Waals surface area contributed by atoms with Crippen LogP contribution in [0, 0.1) is 13.8 Å². The third-order valence-corrected chi connectivity index (χ3v) is 10.4. The first-order chi connectivity index (χ1) is 24.4. The van der Waals surface area contributed by atoms with E-state index in [1.807, 2.05) is 72.9 Å². The fraction of sp³-hybridized carbons (Fsp3) is 0.186. The van der Waals surface area contributed by atoms with Crippen LogP contribution in [0.3, 0.4) is 0 Å². The van der Waals surface area contributed by atoms with Gasteiger partial charge in [0.1, 0.15) is 5.00 Å². The lowest BCUT2D eigenvalue weighted by Gasteiger charge is -2.15. The van der Waals surface area contributed by atoms with E-state index in [9.17, 15) is 9.59 Å². The Morgan fingerprint density at radius 3 is 2.24 bits per heavy atom. The van der Waals surface area contributed by atoms with Gasteiger partial charge in [-0.15, -0.1) is 11.3 Å². The molecular formula is C43H39N3O3S. The van der Waals surface area contributed by atoms with Crippen molar-refractivity contribution in [1.82, 2.24) is 4.57 Å². The highest BCUT2D eigenvalue weighted by atomic mass is 32.1. The van der Waals surface area contributed by atoms with Crippen LogP contribution in [0.4, 0.5) is 10.7 Å². The van der Waals surface area contributed by atoms with Gasteiger partial charge in [0.25, 0.3) is 5.91 Å². The van der Waals surface area contributed by atoms with Crippen molar-refractivity contribution in [2.45, 2.75) is 46.5 Å². The lowest BCUT2D eigenvalue weighted by atomic mass is 9.95.